The van der Waals surface area contributed by atoms with Gasteiger partial charge in [-0.2, -0.15) is 0 Å². The van der Waals surface area contributed by atoms with E-state index in [9.17, 15) is 19.7 Å². The van der Waals surface area contributed by atoms with Crippen molar-refractivity contribution in [2.45, 2.75) is 12.1 Å². The number of hydrogen-bond donors (Lipinski definition) is 0. The highest BCUT2D eigenvalue weighted by atomic mass is 35.5. The van der Waals surface area contributed by atoms with E-state index in [0.29, 0.717) is 22.7 Å². The summed E-state index contributed by atoms with van der Waals surface area (Å²) >= 11 is 6.02. The average Bonchev–Trinajstić information content (AvgIpc) is 3.35. The summed E-state index contributed by atoms with van der Waals surface area (Å²) in [5, 5.41) is 13.0. The zero-order valence-electron chi connectivity index (χ0n) is 17.8. The summed E-state index contributed by atoms with van der Waals surface area (Å²) in [4.78, 5) is 45.1. The van der Waals surface area contributed by atoms with Gasteiger partial charge in [-0.25, -0.2) is 9.96 Å². The van der Waals surface area contributed by atoms with E-state index in [-0.39, 0.29) is 10.7 Å². The molecule has 0 spiro atoms. The topological polar surface area (TPSA) is 102 Å². The molecule has 3 aromatic carbocycles. The number of carbonyl (C=O) groups excluding carboxylic acids is 2. The summed E-state index contributed by atoms with van der Waals surface area (Å²) in [6, 6.07) is 19.1. The van der Waals surface area contributed by atoms with Crippen molar-refractivity contribution >= 4 is 40.5 Å². The number of halogens is 1. The lowest BCUT2D eigenvalue weighted by atomic mass is 9.90. The van der Waals surface area contributed by atoms with Gasteiger partial charge in [-0.1, -0.05) is 41.9 Å². The van der Waals surface area contributed by atoms with Crippen molar-refractivity contribution in [3.05, 3.63) is 93.5 Å². The molecule has 0 aromatic heterocycles. The van der Waals surface area contributed by atoms with Crippen LogP contribution in [0.25, 0.3) is 0 Å². The smallest absolute Gasteiger partial charge is 0.288 e. The molecule has 2 aliphatic rings. The molecule has 2 heterocycles. The fourth-order valence-corrected chi connectivity index (χ4v) is 4.60. The monoisotopic (exact) mass is 479 g/mol. The molecule has 10 heteroatoms. The molecule has 2 aliphatic heterocycles. The van der Waals surface area contributed by atoms with Crippen molar-refractivity contribution < 1.29 is 24.1 Å². The van der Waals surface area contributed by atoms with Crippen LogP contribution in [-0.2, 0) is 14.4 Å². The quantitative estimate of drug-likeness (QED) is 0.305. The Bertz CT molecular complexity index is 1300. The highest BCUT2D eigenvalue weighted by Gasteiger charge is 2.60. The molecule has 9 nitrogen and oxygen atoms in total. The molecule has 0 aliphatic carbocycles. The van der Waals surface area contributed by atoms with Crippen LogP contribution >= 0.6 is 11.6 Å². The largest absolute Gasteiger partial charge is 0.497 e. The summed E-state index contributed by atoms with van der Waals surface area (Å²) in [6.45, 7) is 0. The number of carbonyl (C=O) groups is 2. The number of nitro benzene ring substituents is 1. The third-order valence-corrected chi connectivity index (χ3v) is 6.27. The maximum atomic E-state index is 13.6. The predicted molar refractivity (Wildman–Crippen MR) is 124 cm³/mol. The van der Waals surface area contributed by atoms with Crippen molar-refractivity contribution in [1.82, 2.24) is 0 Å². The molecule has 3 atom stereocenters. The Labute approximate surface area is 199 Å². The van der Waals surface area contributed by atoms with Gasteiger partial charge in [-0.15, -0.1) is 0 Å². The fraction of sp³-hybridized carbons (Fsp3) is 0.167. The first-order valence-electron chi connectivity index (χ1n) is 10.4. The van der Waals surface area contributed by atoms with E-state index in [0.717, 1.165) is 4.90 Å². The molecule has 2 saturated heterocycles. The van der Waals surface area contributed by atoms with E-state index in [2.05, 4.69) is 0 Å². The Morgan fingerprint density at radius 3 is 2.41 bits per heavy atom. The van der Waals surface area contributed by atoms with Gasteiger partial charge in [0, 0.05) is 12.1 Å². The fourth-order valence-electron chi connectivity index (χ4n) is 4.41. The van der Waals surface area contributed by atoms with Crippen molar-refractivity contribution in [2.75, 3.05) is 17.1 Å². The third-order valence-electron chi connectivity index (χ3n) is 5.95. The number of methoxy groups -OCH3 is 1. The minimum Gasteiger partial charge on any atom is -0.497 e. The van der Waals surface area contributed by atoms with Gasteiger partial charge in [-0.05, 0) is 35.9 Å². The van der Waals surface area contributed by atoms with Crippen molar-refractivity contribution in [2.24, 2.45) is 5.92 Å². The van der Waals surface area contributed by atoms with Crippen molar-refractivity contribution in [3.63, 3.8) is 0 Å². The van der Waals surface area contributed by atoms with Gasteiger partial charge in [0.1, 0.15) is 16.7 Å². The summed E-state index contributed by atoms with van der Waals surface area (Å²) in [5.41, 5.74) is 1.10. The van der Waals surface area contributed by atoms with E-state index >= 15 is 0 Å². The molecule has 0 bridgehead atoms. The lowest BCUT2D eigenvalue weighted by Gasteiger charge is -2.28. The number of para-hydroxylation sites is 1. The maximum Gasteiger partial charge on any atom is 0.288 e. The first-order valence-corrected chi connectivity index (χ1v) is 10.8. The van der Waals surface area contributed by atoms with Gasteiger partial charge >= 0.3 is 0 Å². The predicted octanol–water partition coefficient (Wildman–Crippen LogP) is 4.31. The molecular formula is C24H18ClN3O6. The molecule has 3 aromatic rings. The highest BCUT2D eigenvalue weighted by Crippen LogP contribution is 2.48. The SMILES string of the molecule is COc1cccc(N2C(=O)[C@@H]3[C@@H](c4ccc(Cl)c([N+](=O)[O-])c4)N(c4ccccc4)O[C@H]3C2=O)c1. The second-order valence-electron chi connectivity index (χ2n) is 7.84. The number of hydroxylamine groups is 1. The Hall–Kier alpha value is -3.95. The van der Waals surface area contributed by atoms with E-state index < -0.39 is 34.8 Å². The molecule has 0 saturated carbocycles. The number of nitrogens with zero attached hydrogens (tertiary/aromatic N) is 3. The first-order chi connectivity index (χ1) is 16.4. The van der Waals surface area contributed by atoms with Crippen LogP contribution in [0.4, 0.5) is 17.1 Å². The van der Waals surface area contributed by atoms with Crippen LogP contribution in [-0.4, -0.2) is 30.0 Å². The van der Waals surface area contributed by atoms with Gasteiger partial charge in [0.15, 0.2) is 6.10 Å². The molecule has 2 fully saturated rings. The molecule has 2 amide bonds. The van der Waals surface area contributed by atoms with Crippen LogP contribution in [0.2, 0.25) is 5.02 Å². The van der Waals surface area contributed by atoms with Crippen LogP contribution < -0.4 is 14.7 Å². The van der Waals surface area contributed by atoms with Crippen LogP contribution in [0.15, 0.2) is 72.8 Å². The summed E-state index contributed by atoms with van der Waals surface area (Å²) in [7, 11) is 1.49. The zero-order chi connectivity index (χ0) is 24.0. The average molecular weight is 480 g/mol. The van der Waals surface area contributed by atoms with Crippen LogP contribution in [0.1, 0.15) is 11.6 Å². The summed E-state index contributed by atoms with van der Waals surface area (Å²) in [6.07, 6.45) is -1.10. The molecule has 0 N–H and O–H groups in total. The van der Waals surface area contributed by atoms with Gasteiger partial charge < -0.3 is 4.74 Å². The normalized spacial score (nSPS) is 21.6. The van der Waals surface area contributed by atoms with Gasteiger partial charge in [0.25, 0.3) is 11.6 Å². The van der Waals surface area contributed by atoms with Crippen molar-refractivity contribution in [3.8, 4) is 5.75 Å². The summed E-state index contributed by atoms with van der Waals surface area (Å²) < 4.78 is 5.23. The Kier molecular flexibility index (Phi) is 5.43. The molecule has 172 valence electrons. The number of benzene rings is 3. The van der Waals surface area contributed by atoms with Gasteiger partial charge in [-0.3, -0.25) is 24.5 Å². The lowest BCUT2D eigenvalue weighted by Crippen LogP contribution is -2.37. The minimum atomic E-state index is -1.10. The van der Waals surface area contributed by atoms with E-state index in [4.69, 9.17) is 21.2 Å². The van der Waals surface area contributed by atoms with E-state index in [1.165, 1.54) is 24.3 Å². The standard InChI is InChI=1S/C24H18ClN3O6/c1-33-17-9-5-8-16(13-17)26-23(29)20-21(14-10-11-18(25)19(12-14)28(31)32)27(34-22(20)24(26)30)15-6-3-2-4-7-15/h2-13,20-22H,1H3/t20-,21-,22-/m1/s1. The Morgan fingerprint density at radius 2 is 1.71 bits per heavy atom. The minimum absolute atomic E-state index is 0.0256. The van der Waals surface area contributed by atoms with Crippen molar-refractivity contribution in [1.29, 1.82) is 0 Å². The number of fused-ring (bicyclic) bond motifs is 1. The molecule has 5 rings (SSSR count). The number of anilines is 2. The number of amides is 2. The molecule has 0 unspecified atom stereocenters. The first kappa shape index (κ1) is 21.9. The number of imide groups is 1. The Morgan fingerprint density at radius 1 is 0.971 bits per heavy atom. The van der Waals surface area contributed by atoms with Crippen LogP contribution in [0.3, 0.4) is 0 Å². The van der Waals surface area contributed by atoms with Gasteiger partial charge in [0.05, 0.1) is 29.4 Å². The van der Waals surface area contributed by atoms with Gasteiger partial charge in [0.2, 0.25) is 5.91 Å². The zero-order valence-corrected chi connectivity index (χ0v) is 18.6. The van der Waals surface area contributed by atoms with Crippen LogP contribution in [0.5, 0.6) is 5.75 Å². The summed E-state index contributed by atoms with van der Waals surface area (Å²) in [5.74, 6) is -1.43. The maximum absolute atomic E-state index is 13.6. The molecule has 0 radical (unpaired) electrons. The van der Waals surface area contributed by atoms with Crippen LogP contribution in [0, 0.1) is 16.0 Å². The van der Waals surface area contributed by atoms with E-state index in [1.54, 1.807) is 54.6 Å². The molecular weight excluding hydrogens is 462 g/mol. The Balaban J connectivity index is 1.61. The second-order valence-corrected chi connectivity index (χ2v) is 8.25. The number of ether oxygens (including phenoxy) is 1. The number of nitro groups is 1. The second kappa shape index (κ2) is 8.44. The number of hydrogen-bond acceptors (Lipinski definition) is 7. The number of rotatable bonds is 5. The lowest BCUT2D eigenvalue weighted by molar-refractivity contribution is -0.384. The van der Waals surface area contributed by atoms with E-state index in [1.807, 2.05) is 6.07 Å². The highest BCUT2D eigenvalue weighted by molar-refractivity contribution is 6.32. The third kappa shape index (κ3) is 3.46. The molecule has 34 heavy (non-hydrogen) atoms.